The number of H-pyrrole nitrogens is 1. The minimum absolute atomic E-state index is 0.117. The van der Waals surface area contributed by atoms with E-state index in [2.05, 4.69) is 14.5 Å². The first-order valence-corrected chi connectivity index (χ1v) is 4.00. The molecule has 0 aliphatic heterocycles. The molecule has 0 bridgehead atoms. The summed E-state index contributed by atoms with van der Waals surface area (Å²) in [5.74, 6) is -1.64. The number of aromatic amines is 1. The van der Waals surface area contributed by atoms with Crippen molar-refractivity contribution in [1.29, 1.82) is 0 Å². The van der Waals surface area contributed by atoms with E-state index in [4.69, 9.17) is 0 Å². The van der Waals surface area contributed by atoms with Gasteiger partial charge >= 0.3 is 11.9 Å². The molecule has 1 heterocycles. The van der Waals surface area contributed by atoms with Crippen LogP contribution in [0, 0.1) is 0 Å². The summed E-state index contributed by atoms with van der Waals surface area (Å²) in [6.07, 6.45) is 1.25. The second-order valence-electron chi connectivity index (χ2n) is 2.58. The van der Waals surface area contributed by atoms with Crippen LogP contribution in [-0.2, 0) is 9.47 Å². The lowest BCUT2D eigenvalue weighted by Crippen LogP contribution is -2.23. The number of hydrogen-bond acceptors (Lipinski definition) is 5. The number of ether oxygens (including phenoxy) is 2. The van der Waals surface area contributed by atoms with Gasteiger partial charge in [0, 0.05) is 6.20 Å². The van der Waals surface area contributed by atoms with Crippen molar-refractivity contribution >= 4 is 11.9 Å². The van der Waals surface area contributed by atoms with Crippen LogP contribution in [0.5, 0.6) is 0 Å². The Morgan fingerprint density at radius 1 is 1.20 bits per heavy atom. The Labute approximate surface area is 84.8 Å². The third-order valence-electron chi connectivity index (χ3n) is 1.76. The first-order valence-electron chi connectivity index (χ1n) is 4.00. The highest BCUT2D eigenvalue weighted by Gasteiger charge is 2.21. The summed E-state index contributed by atoms with van der Waals surface area (Å²) in [6.45, 7) is 0. The lowest BCUT2D eigenvalue weighted by molar-refractivity contribution is 0.0553. The van der Waals surface area contributed by atoms with E-state index in [0.717, 1.165) is 14.2 Å². The van der Waals surface area contributed by atoms with Crippen molar-refractivity contribution in [3.63, 3.8) is 0 Å². The number of pyridine rings is 1. The molecule has 1 N–H and O–H groups in total. The third kappa shape index (κ3) is 2.04. The first kappa shape index (κ1) is 11.0. The van der Waals surface area contributed by atoms with Gasteiger partial charge in [-0.1, -0.05) is 0 Å². The summed E-state index contributed by atoms with van der Waals surface area (Å²) < 4.78 is 8.81. The fourth-order valence-electron chi connectivity index (χ4n) is 1.06. The molecular weight excluding hydrogens is 202 g/mol. The van der Waals surface area contributed by atoms with Crippen molar-refractivity contribution in [3.8, 4) is 0 Å². The topological polar surface area (TPSA) is 85.5 Å². The summed E-state index contributed by atoms with van der Waals surface area (Å²) in [4.78, 5) is 36.0. The van der Waals surface area contributed by atoms with Crippen molar-refractivity contribution < 1.29 is 19.1 Å². The number of carbonyl (C=O) groups is 2. The SMILES string of the molecule is COC(=O)c1cc[nH]c(=O)c1C(=O)OC. The van der Waals surface area contributed by atoms with Crippen molar-refractivity contribution in [2.75, 3.05) is 14.2 Å². The van der Waals surface area contributed by atoms with E-state index < -0.39 is 17.5 Å². The first-order chi connectivity index (χ1) is 7.11. The molecule has 1 aromatic rings. The summed E-state index contributed by atoms with van der Waals surface area (Å²) in [5, 5.41) is 0. The molecule has 0 aliphatic carbocycles. The van der Waals surface area contributed by atoms with Gasteiger partial charge in [0.05, 0.1) is 19.8 Å². The molecule has 0 aliphatic rings. The van der Waals surface area contributed by atoms with Crippen LogP contribution in [0.4, 0.5) is 0 Å². The largest absolute Gasteiger partial charge is 0.465 e. The Hall–Kier alpha value is -2.11. The fourth-order valence-corrected chi connectivity index (χ4v) is 1.06. The van der Waals surface area contributed by atoms with E-state index in [1.54, 1.807) is 0 Å². The van der Waals surface area contributed by atoms with Gasteiger partial charge in [-0.05, 0) is 6.07 Å². The lowest BCUT2D eigenvalue weighted by Gasteiger charge is -2.03. The highest BCUT2D eigenvalue weighted by molar-refractivity contribution is 6.02. The van der Waals surface area contributed by atoms with Crippen LogP contribution in [0.3, 0.4) is 0 Å². The highest BCUT2D eigenvalue weighted by Crippen LogP contribution is 2.05. The summed E-state index contributed by atoms with van der Waals surface area (Å²) in [5.41, 5.74) is -1.16. The normalized spacial score (nSPS) is 9.47. The molecule has 0 saturated carbocycles. The van der Waals surface area contributed by atoms with Gasteiger partial charge in [-0.25, -0.2) is 9.59 Å². The molecule has 0 atom stereocenters. The van der Waals surface area contributed by atoms with E-state index >= 15 is 0 Å². The Kier molecular flexibility index (Phi) is 3.22. The van der Waals surface area contributed by atoms with Crippen molar-refractivity contribution in [2.45, 2.75) is 0 Å². The highest BCUT2D eigenvalue weighted by atomic mass is 16.5. The molecule has 15 heavy (non-hydrogen) atoms. The van der Waals surface area contributed by atoms with E-state index in [9.17, 15) is 14.4 Å². The fraction of sp³-hybridized carbons (Fsp3) is 0.222. The van der Waals surface area contributed by atoms with Crippen molar-refractivity contribution in [1.82, 2.24) is 4.98 Å². The van der Waals surface area contributed by atoms with Crippen LogP contribution in [0.2, 0.25) is 0 Å². The van der Waals surface area contributed by atoms with Gasteiger partial charge in [0.1, 0.15) is 5.56 Å². The quantitative estimate of drug-likeness (QED) is 0.693. The van der Waals surface area contributed by atoms with Crippen LogP contribution >= 0.6 is 0 Å². The third-order valence-corrected chi connectivity index (χ3v) is 1.76. The molecule has 1 rings (SSSR count). The minimum Gasteiger partial charge on any atom is -0.465 e. The van der Waals surface area contributed by atoms with Gasteiger partial charge in [0.15, 0.2) is 0 Å². The van der Waals surface area contributed by atoms with Gasteiger partial charge in [-0.2, -0.15) is 0 Å². The zero-order chi connectivity index (χ0) is 11.4. The van der Waals surface area contributed by atoms with E-state index in [1.165, 1.54) is 12.3 Å². The molecule has 0 amide bonds. The zero-order valence-electron chi connectivity index (χ0n) is 8.20. The Morgan fingerprint density at radius 3 is 2.33 bits per heavy atom. The standard InChI is InChI=1S/C9H9NO5/c1-14-8(12)5-3-4-10-7(11)6(5)9(13)15-2/h3-4H,1-2H3,(H,10,11). The lowest BCUT2D eigenvalue weighted by atomic mass is 10.1. The predicted octanol–water partition coefficient (Wildman–Crippen LogP) is -0.0519. The predicted molar refractivity (Wildman–Crippen MR) is 49.7 cm³/mol. The Balaban J connectivity index is 3.39. The molecule has 1 aromatic heterocycles. The molecule has 6 nitrogen and oxygen atoms in total. The average Bonchev–Trinajstić information content (AvgIpc) is 2.26. The molecule has 0 unspecified atom stereocenters. The maximum absolute atomic E-state index is 11.3. The number of aromatic nitrogens is 1. The van der Waals surface area contributed by atoms with Gasteiger partial charge in [-0.3, -0.25) is 4.79 Å². The van der Waals surface area contributed by atoms with Crippen LogP contribution in [0.1, 0.15) is 20.7 Å². The van der Waals surface area contributed by atoms with Gasteiger partial charge in [-0.15, -0.1) is 0 Å². The molecule has 0 radical (unpaired) electrons. The number of nitrogens with one attached hydrogen (secondary N) is 1. The maximum atomic E-state index is 11.3. The van der Waals surface area contributed by atoms with E-state index in [0.29, 0.717) is 0 Å². The molecule has 0 spiro atoms. The smallest absolute Gasteiger partial charge is 0.344 e. The second kappa shape index (κ2) is 4.41. The second-order valence-corrected chi connectivity index (χ2v) is 2.58. The molecule has 6 heteroatoms. The van der Waals surface area contributed by atoms with Gasteiger partial charge < -0.3 is 14.5 Å². The van der Waals surface area contributed by atoms with Gasteiger partial charge in [0.25, 0.3) is 5.56 Å². The molecular formula is C9H9NO5. The van der Waals surface area contributed by atoms with Crippen molar-refractivity contribution in [2.24, 2.45) is 0 Å². The van der Waals surface area contributed by atoms with Crippen LogP contribution in [-0.4, -0.2) is 31.1 Å². The minimum atomic E-state index is -0.878. The van der Waals surface area contributed by atoms with Crippen LogP contribution in [0.15, 0.2) is 17.1 Å². The molecule has 0 fully saturated rings. The van der Waals surface area contributed by atoms with Crippen molar-refractivity contribution in [3.05, 3.63) is 33.7 Å². The maximum Gasteiger partial charge on any atom is 0.344 e. The Bertz CT molecular complexity index is 448. The molecule has 0 saturated heterocycles. The average molecular weight is 211 g/mol. The Morgan fingerprint density at radius 2 is 1.80 bits per heavy atom. The van der Waals surface area contributed by atoms with Gasteiger partial charge in [0.2, 0.25) is 0 Å². The number of carbonyl (C=O) groups excluding carboxylic acids is 2. The number of rotatable bonds is 2. The number of esters is 2. The molecule has 80 valence electrons. The van der Waals surface area contributed by atoms with Crippen LogP contribution < -0.4 is 5.56 Å². The summed E-state index contributed by atoms with van der Waals surface area (Å²) in [7, 11) is 2.28. The van der Waals surface area contributed by atoms with E-state index in [1.807, 2.05) is 0 Å². The zero-order valence-corrected chi connectivity index (χ0v) is 8.20. The number of hydrogen-bond donors (Lipinski definition) is 1. The monoisotopic (exact) mass is 211 g/mol. The summed E-state index contributed by atoms with van der Waals surface area (Å²) >= 11 is 0. The van der Waals surface area contributed by atoms with Crippen LogP contribution in [0.25, 0.3) is 0 Å². The number of methoxy groups -OCH3 is 2. The summed E-state index contributed by atoms with van der Waals surface area (Å²) in [6, 6.07) is 1.28. The van der Waals surface area contributed by atoms with E-state index in [-0.39, 0.29) is 11.1 Å². The molecule has 0 aromatic carbocycles.